The molecule has 4 aromatic rings. The number of aromatic nitrogens is 3. The molecular formula is C20H15AsFN3O2. The minimum atomic E-state index is -0.447. The molecule has 2 aromatic heterocycles. The summed E-state index contributed by atoms with van der Waals surface area (Å²) < 4.78 is 21.7. The Morgan fingerprint density at radius 2 is 1.81 bits per heavy atom. The number of fused-ring (bicyclic) bond motifs is 1. The van der Waals surface area contributed by atoms with Gasteiger partial charge in [0.05, 0.1) is 0 Å². The Balaban J connectivity index is 1.93. The first-order chi connectivity index (χ1) is 13.1. The summed E-state index contributed by atoms with van der Waals surface area (Å²) in [6.07, 6.45) is 0. The van der Waals surface area contributed by atoms with Crippen LogP contribution in [0.5, 0.6) is 5.75 Å². The van der Waals surface area contributed by atoms with Crippen LogP contribution in [0.1, 0.15) is 10.4 Å². The fraction of sp³-hybridized carbons (Fsp3) is 0.0500. The Bertz CT molecular complexity index is 1160. The van der Waals surface area contributed by atoms with Crippen LogP contribution >= 0.6 is 0 Å². The molecular weight excluding hydrogens is 408 g/mol. The van der Waals surface area contributed by atoms with Gasteiger partial charge in [0.15, 0.2) is 0 Å². The molecule has 0 spiro atoms. The van der Waals surface area contributed by atoms with Gasteiger partial charge in [-0.15, -0.1) is 0 Å². The maximum atomic E-state index is 14.6. The monoisotopic (exact) mass is 423 g/mol. The van der Waals surface area contributed by atoms with Gasteiger partial charge in [-0.1, -0.05) is 0 Å². The molecule has 1 atom stereocenters. The van der Waals surface area contributed by atoms with Gasteiger partial charge >= 0.3 is 163 Å². The third-order valence-electron chi connectivity index (χ3n) is 4.22. The summed E-state index contributed by atoms with van der Waals surface area (Å²) in [6.45, 7) is 0. The molecule has 7 heteroatoms. The summed E-state index contributed by atoms with van der Waals surface area (Å²) >= 11 is 1.20. The molecule has 0 radical (unpaired) electrons. The SMILES string of the molecule is COc1ccccc1C(=O)n1nc([AsH2])c2cc(F)c(-c3ccccc3)nc21. The number of carbonyl (C=O) groups excluding carboxylic acids is 1. The summed E-state index contributed by atoms with van der Waals surface area (Å²) in [6, 6.07) is 17.3. The summed E-state index contributed by atoms with van der Waals surface area (Å²) in [5, 5.41) is 4.85. The fourth-order valence-corrected chi connectivity index (χ4v) is 3.60. The van der Waals surface area contributed by atoms with E-state index in [9.17, 15) is 9.18 Å². The normalized spacial score (nSPS) is 10.9. The van der Waals surface area contributed by atoms with E-state index in [0.717, 1.165) is 0 Å². The van der Waals surface area contributed by atoms with Crippen LogP contribution in [0.25, 0.3) is 22.3 Å². The molecule has 0 amide bonds. The molecule has 27 heavy (non-hydrogen) atoms. The van der Waals surface area contributed by atoms with Gasteiger partial charge in [-0.3, -0.25) is 0 Å². The Kier molecular flexibility index (Phi) is 4.50. The summed E-state index contributed by atoms with van der Waals surface area (Å²) in [5.41, 5.74) is 1.51. The molecule has 0 saturated heterocycles. The average Bonchev–Trinajstić information content (AvgIpc) is 3.03. The summed E-state index contributed by atoms with van der Waals surface area (Å²) in [5.74, 6) is -0.379. The molecule has 1 unspecified atom stereocenters. The Labute approximate surface area is 163 Å². The molecule has 4 rings (SSSR count). The van der Waals surface area contributed by atoms with Gasteiger partial charge in [0.25, 0.3) is 0 Å². The quantitative estimate of drug-likeness (QED) is 0.475. The van der Waals surface area contributed by atoms with Gasteiger partial charge in [0, 0.05) is 0 Å². The van der Waals surface area contributed by atoms with Crippen molar-refractivity contribution in [1.29, 1.82) is 0 Å². The Morgan fingerprint density at radius 3 is 2.56 bits per heavy atom. The van der Waals surface area contributed by atoms with Crippen molar-refractivity contribution >= 4 is 38.3 Å². The van der Waals surface area contributed by atoms with Crippen molar-refractivity contribution in [1.82, 2.24) is 14.8 Å². The molecule has 0 N–H and O–H groups in total. The average molecular weight is 423 g/mol. The number of carbonyl (C=O) groups is 1. The van der Waals surface area contributed by atoms with E-state index in [-0.39, 0.29) is 11.6 Å². The van der Waals surface area contributed by atoms with Crippen LogP contribution in [0.3, 0.4) is 0 Å². The van der Waals surface area contributed by atoms with Crippen LogP contribution in [0.4, 0.5) is 4.39 Å². The number of hydrogen-bond acceptors (Lipinski definition) is 4. The molecule has 2 heterocycles. The number of para-hydroxylation sites is 1. The number of ether oxygens (including phenoxy) is 1. The van der Waals surface area contributed by atoms with E-state index in [4.69, 9.17) is 4.74 Å². The maximum absolute atomic E-state index is 14.6. The van der Waals surface area contributed by atoms with Crippen molar-refractivity contribution in [2.24, 2.45) is 0 Å². The van der Waals surface area contributed by atoms with Gasteiger partial charge in [0.1, 0.15) is 0 Å². The van der Waals surface area contributed by atoms with Gasteiger partial charge in [-0.2, -0.15) is 0 Å². The number of nitrogens with zero attached hydrogens (tertiary/aromatic N) is 3. The Morgan fingerprint density at radius 1 is 1.11 bits per heavy atom. The zero-order chi connectivity index (χ0) is 19.0. The van der Waals surface area contributed by atoms with Gasteiger partial charge in [-0.25, -0.2) is 0 Å². The molecule has 0 aliphatic heterocycles. The van der Waals surface area contributed by atoms with Crippen molar-refractivity contribution in [3.8, 4) is 17.0 Å². The standard InChI is InChI=1S/C20H15AsFN3O2/c1-27-16-10-6-5-9-13(16)20(26)25-19-14(18(21)24-25)11-15(22)17(23-19)12-7-3-2-4-8-12/h2-11H,21H2,1H3. The number of pyridine rings is 1. The zero-order valence-corrected chi connectivity index (χ0v) is 16.8. The first kappa shape index (κ1) is 17.4. The Hall–Kier alpha value is -2.98. The van der Waals surface area contributed by atoms with Crippen molar-refractivity contribution in [2.45, 2.75) is 0 Å². The van der Waals surface area contributed by atoms with Crippen LogP contribution < -0.4 is 9.22 Å². The number of halogens is 1. The van der Waals surface area contributed by atoms with Crippen LogP contribution in [0.15, 0.2) is 60.7 Å². The predicted octanol–water partition coefficient (Wildman–Crippen LogP) is 2.19. The van der Waals surface area contributed by atoms with Crippen LogP contribution in [0, 0.1) is 5.82 Å². The zero-order valence-electron chi connectivity index (χ0n) is 14.4. The van der Waals surface area contributed by atoms with Gasteiger partial charge < -0.3 is 0 Å². The van der Waals surface area contributed by atoms with E-state index >= 15 is 0 Å². The van der Waals surface area contributed by atoms with E-state index in [1.807, 2.05) is 18.2 Å². The molecule has 134 valence electrons. The second-order valence-corrected chi connectivity index (χ2v) is 7.01. The van der Waals surface area contributed by atoms with Gasteiger partial charge in [-0.05, 0) is 0 Å². The van der Waals surface area contributed by atoms with Gasteiger partial charge in [0.2, 0.25) is 0 Å². The molecule has 5 nitrogen and oxygen atoms in total. The van der Waals surface area contributed by atoms with Crippen molar-refractivity contribution in [3.63, 3.8) is 0 Å². The predicted molar refractivity (Wildman–Crippen MR) is 104 cm³/mol. The van der Waals surface area contributed by atoms with E-state index in [2.05, 4.69) is 10.1 Å². The van der Waals surface area contributed by atoms with Crippen LogP contribution in [-0.4, -0.2) is 44.6 Å². The number of methoxy groups -OCH3 is 1. The molecule has 0 aliphatic carbocycles. The van der Waals surface area contributed by atoms with E-state index in [1.165, 1.54) is 34.7 Å². The van der Waals surface area contributed by atoms with Crippen molar-refractivity contribution in [3.05, 3.63) is 72.0 Å². The van der Waals surface area contributed by atoms with Crippen molar-refractivity contribution < 1.29 is 13.9 Å². The second kappa shape index (κ2) is 6.97. The molecule has 0 aliphatic rings. The summed E-state index contributed by atoms with van der Waals surface area (Å²) in [4.78, 5) is 17.5. The van der Waals surface area contributed by atoms with E-state index < -0.39 is 5.82 Å². The number of rotatable bonds is 3. The first-order valence-electron chi connectivity index (χ1n) is 8.18. The van der Waals surface area contributed by atoms with Crippen molar-refractivity contribution in [2.75, 3.05) is 7.11 Å². The molecule has 0 saturated carbocycles. The second-order valence-electron chi connectivity index (χ2n) is 5.86. The number of hydrogen-bond donors (Lipinski definition) is 0. The van der Waals surface area contributed by atoms with Crippen LogP contribution in [0.2, 0.25) is 0 Å². The fourth-order valence-electron chi connectivity index (χ4n) is 2.91. The first-order valence-corrected chi connectivity index (χ1v) is 9.39. The van der Waals surface area contributed by atoms with E-state index in [0.29, 0.717) is 32.4 Å². The topological polar surface area (TPSA) is 57.0 Å². The third kappa shape index (κ3) is 3.02. The summed E-state index contributed by atoms with van der Waals surface area (Å²) in [7, 11) is 1.50. The molecule has 0 bridgehead atoms. The van der Waals surface area contributed by atoms with E-state index in [1.54, 1.807) is 36.4 Å². The number of benzene rings is 2. The van der Waals surface area contributed by atoms with Crippen LogP contribution in [-0.2, 0) is 0 Å². The molecule has 2 aromatic carbocycles. The molecule has 0 fully saturated rings. The third-order valence-corrected chi connectivity index (χ3v) is 5.11. The minimum absolute atomic E-state index is 0.185.